The molecule has 0 spiro atoms. The molecule has 2 aromatic carbocycles. The van der Waals surface area contributed by atoms with Crippen LogP contribution in [0.5, 0.6) is 11.5 Å². The first kappa shape index (κ1) is 29.8. The SMILES string of the molecule is COc1cc(C(=O)NC[C@](O)(c2cc3c(c(-c4cc(F)c(F)cc4F)n2)OC[C@]3(C)C(N)=O)C2CC2)cc2cc(Br)cnc12. The molecule has 4 aromatic rings. The van der Waals surface area contributed by atoms with E-state index in [9.17, 15) is 23.5 Å². The Kier molecular flexibility index (Phi) is 7.28. The van der Waals surface area contributed by atoms with E-state index in [4.69, 9.17) is 15.2 Å². The van der Waals surface area contributed by atoms with Gasteiger partial charge in [-0.2, -0.15) is 0 Å². The number of amides is 2. The summed E-state index contributed by atoms with van der Waals surface area (Å²) < 4.78 is 55.0. The molecule has 0 radical (unpaired) electrons. The van der Waals surface area contributed by atoms with Crippen molar-refractivity contribution in [1.29, 1.82) is 0 Å². The Morgan fingerprint density at radius 2 is 1.89 bits per heavy atom. The number of hydrogen-bond acceptors (Lipinski definition) is 7. The van der Waals surface area contributed by atoms with Gasteiger partial charge in [0.2, 0.25) is 5.91 Å². The number of nitrogens with two attached hydrogens (primary N) is 1. The van der Waals surface area contributed by atoms with Crippen molar-refractivity contribution < 1.29 is 37.3 Å². The van der Waals surface area contributed by atoms with Crippen LogP contribution < -0.4 is 20.5 Å². The van der Waals surface area contributed by atoms with E-state index < -0.39 is 45.8 Å². The number of fused-ring (bicyclic) bond motifs is 2. The van der Waals surface area contributed by atoms with E-state index >= 15 is 4.39 Å². The summed E-state index contributed by atoms with van der Waals surface area (Å²) in [6.45, 7) is 0.996. The van der Waals surface area contributed by atoms with Crippen LogP contribution in [-0.2, 0) is 15.8 Å². The van der Waals surface area contributed by atoms with E-state index in [0.717, 1.165) is 0 Å². The predicted octanol–water partition coefficient (Wildman–Crippen LogP) is 4.65. The maximum atomic E-state index is 15.0. The maximum Gasteiger partial charge on any atom is 0.251 e. The van der Waals surface area contributed by atoms with Crippen molar-refractivity contribution in [3.05, 3.63) is 81.3 Å². The van der Waals surface area contributed by atoms with Gasteiger partial charge in [-0.15, -0.1) is 0 Å². The number of pyridine rings is 2. The highest BCUT2D eigenvalue weighted by Crippen LogP contribution is 2.50. The molecule has 6 rings (SSSR count). The third kappa shape index (κ3) is 4.93. The summed E-state index contributed by atoms with van der Waals surface area (Å²) >= 11 is 3.37. The molecular formula is C31H26BrF3N4O5. The van der Waals surface area contributed by atoms with Crippen LogP contribution in [0.4, 0.5) is 13.2 Å². The van der Waals surface area contributed by atoms with Gasteiger partial charge in [0.25, 0.3) is 5.91 Å². The van der Waals surface area contributed by atoms with Gasteiger partial charge in [0.1, 0.15) is 46.1 Å². The summed E-state index contributed by atoms with van der Waals surface area (Å²) in [5.74, 6) is -5.14. The molecular weight excluding hydrogens is 645 g/mol. The summed E-state index contributed by atoms with van der Waals surface area (Å²) in [7, 11) is 1.46. The van der Waals surface area contributed by atoms with Gasteiger partial charge in [-0.1, -0.05) is 0 Å². The number of halogens is 4. The number of nitrogens with zero attached hydrogens (tertiary/aromatic N) is 2. The minimum absolute atomic E-state index is 0.0135. The molecule has 1 fully saturated rings. The van der Waals surface area contributed by atoms with Crippen LogP contribution in [0.25, 0.3) is 22.2 Å². The zero-order chi connectivity index (χ0) is 31.6. The Labute approximate surface area is 257 Å². The highest BCUT2D eigenvalue weighted by molar-refractivity contribution is 9.10. The molecule has 13 heteroatoms. The number of hydrogen-bond donors (Lipinski definition) is 3. The largest absolute Gasteiger partial charge is 0.494 e. The molecule has 2 aromatic heterocycles. The number of aromatic nitrogens is 2. The first-order valence-corrected chi connectivity index (χ1v) is 14.4. The van der Waals surface area contributed by atoms with E-state index in [1.807, 2.05) is 0 Å². The summed E-state index contributed by atoms with van der Waals surface area (Å²) in [5.41, 5.74) is 2.86. The highest BCUT2D eigenvalue weighted by Gasteiger charge is 2.50. The molecule has 4 N–H and O–H groups in total. The van der Waals surface area contributed by atoms with Gasteiger partial charge in [0.15, 0.2) is 11.6 Å². The van der Waals surface area contributed by atoms with Crippen molar-refractivity contribution in [3.63, 3.8) is 0 Å². The molecule has 1 aliphatic carbocycles. The van der Waals surface area contributed by atoms with Gasteiger partial charge < -0.3 is 25.6 Å². The van der Waals surface area contributed by atoms with Crippen LogP contribution in [0.15, 0.2) is 47.1 Å². The minimum atomic E-state index is -1.79. The number of ether oxygens (including phenoxy) is 2. The zero-order valence-electron chi connectivity index (χ0n) is 23.5. The summed E-state index contributed by atoms with van der Waals surface area (Å²) in [5, 5.41) is 15.5. The lowest BCUT2D eigenvalue weighted by Crippen LogP contribution is -2.44. The smallest absolute Gasteiger partial charge is 0.251 e. The van der Waals surface area contributed by atoms with E-state index in [-0.39, 0.29) is 47.3 Å². The van der Waals surface area contributed by atoms with Gasteiger partial charge in [0.05, 0.1) is 19.3 Å². The Balaban J connectivity index is 1.42. The molecule has 0 unspecified atom stereocenters. The molecule has 2 amide bonds. The molecule has 44 heavy (non-hydrogen) atoms. The lowest BCUT2D eigenvalue weighted by Gasteiger charge is -2.30. The Bertz CT molecular complexity index is 1870. The molecule has 0 bridgehead atoms. The van der Waals surface area contributed by atoms with Gasteiger partial charge >= 0.3 is 0 Å². The average Bonchev–Trinajstić information content (AvgIpc) is 3.80. The number of nitrogens with one attached hydrogen (secondary N) is 1. The van der Waals surface area contributed by atoms with Crippen molar-refractivity contribution in [3.8, 4) is 22.8 Å². The molecule has 228 valence electrons. The summed E-state index contributed by atoms with van der Waals surface area (Å²) in [6, 6.07) is 7.41. The van der Waals surface area contributed by atoms with Crippen molar-refractivity contribution in [2.24, 2.45) is 11.7 Å². The first-order chi connectivity index (χ1) is 20.9. The first-order valence-electron chi connectivity index (χ1n) is 13.6. The van der Waals surface area contributed by atoms with Crippen LogP contribution in [0, 0.1) is 23.4 Å². The number of rotatable bonds is 8. The molecule has 3 heterocycles. The number of benzene rings is 2. The Morgan fingerprint density at radius 3 is 2.57 bits per heavy atom. The standard InChI is InChI=1S/C31H26BrF3N4O5/c1-30(29(36)41)13-44-27-19(30)9-24(39-26(27)18-8-21(34)22(35)10-20(18)33)31(42,16-3-4-16)12-38-28(40)15-5-14-6-17(32)11-37-25(14)23(7-15)43-2/h5-11,16,42H,3-4,12-13H2,1-2H3,(H2,36,41)(H,38,40)/t30-,31+/m0/s1. The van der Waals surface area contributed by atoms with Crippen molar-refractivity contribution in [2.75, 3.05) is 20.3 Å². The van der Waals surface area contributed by atoms with E-state index in [1.54, 1.807) is 18.3 Å². The third-order valence-corrected chi connectivity index (χ3v) is 8.73. The van der Waals surface area contributed by atoms with Crippen LogP contribution in [-0.4, -0.2) is 47.2 Å². The highest BCUT2D eigenvalue weighted by atomic mass is 79.9. The normalized spacial score (nSPS) is 18.8. The van der Waals surface area contributed by atoms with E-state index in [1.165, 1.54) is 26.2 Å². The van der Waals surface area contributed by atoms with E-state index in [0.29, 0.717) is 46.1 Å². The number of carbonyl (C=O) groups is 2. The molecule has 2 atom stereocenters. The van der Waals surface area contributed by atoms with Crippen LogP contribution >= 0.6 is 15.9 Å². The molecule has 9 nitrogen and oxygen atoms in total. The Hall–Kier alpha value is -4.23. The number of aliphatic hydroxyl groups is 1. The topological polar surface area (TPSA) is 137 Å². The quantitative estimate of drug-likeness (QED) is 0.232. The lowest BCUT2D eigenvalue weighted by molar-refractivity contribution is -0.123. The second-order valence-electron chi connectivity index (χ2n) is 11.2. The Morgan fingerprint density at radius 1 is 1.16 bits per heavy atom. The lowest BCUT2D eigenvalue weighted by atomic mass is 9.81. The maximum absolute atomic E-state index is 15.0. The second kappa shape index (κ2) is 10.7. The molecule has 1 saturated carbocycles. The fourth-order valence-electron chi connectivity index (χ4n) is 5.49. The van der Waals surface area contributed by atoms with Crippen LogP contribution in [0.2, 0.25) is 0 Å². The molecule has 1 aliphatic heterocycles. The third-order valence-electron chi connectivity index (χ3n) is 8.29. The van der Waals surface area contributed by atoms with Crippen molar-refractivity contribution in [1.82, 2.24) is 15.3 Å². The molecule has 0 saturated heterocycles. The number of primary amides is 1. The van der Waals surface area contributed by atoms with Gasteiger partial charge in [-0.3, -0.25) is 14.6 Å². The van der Waals surface area contributed by atoms with E-state index in [2.05, 4.69) is 31.2 Å². The zero-order valence-corrected chi connectivity index (χ0v) is 25.1. The van der Waals surface area contributed by atoms with Crippen LogP contribution in [0.3, 0.4) is 0 Å². The molecule has 2 aliphatic rings. The van der Waals surface area contributed by atoms with Gasteiger partial charge in [-0.25, -0.2) is 18.2 Å². The van der Waals surface area contributed by atoms with Gasteiger partial charge in [0, 0.05) is 38.8 Å². The minimum Gasteiger partial charge on any atom is -0.494 e. The number of carbonyl (C=O) groups excluding carboxylic acids is 2. The monoisotopic (exact) mass is 670 g/mol. The summed E-state index contributed by atoms with van der Waals surface area (Å²) in [4.78, 5) is 34.8. The number of methoxy groups -OCH3 is 1. The second-order valence-corrected chi connectivity index (χ2v) is 12.2. The fraction of sp³-hybridized carbons (Fsp3) is 0.290. The average molecular weight is 671 g/mol. The van der Waals surface area contributed by atoms with Gasteiger partial charge in [-0.05, 0) is 71.9 Å². The predicted molar refractivity (Wildman–Crippen MR) is 157 cm³/mol. The summed E-state index contributed by atoms with van der Waals surface area (Å²) in [6.07, 6.45) is 2.79. The van der Waals surface area contributed by atoms with Crippen molar-refractivity contribution >= 4 is 38.6 Å². The fourth-order valence-corrected chi connectivity index (χ4v) is 5.84. The van der Waals surface area contributed by atoms with Crippen LogP contribution in [0.1, 0.15) is 41.4 Å². The van der Waals surface area contributed by atoms with Crippen molar-refractivity contribution in [2.45, 2.75) is 30.8 Å².